The van der Waals surface area contributed by atoms with Crippen LogP contribution in [0.1, 0.15) is 17.2 Å². The molecular weight excluding hydrogens is 267 g/mol. The van der Waals surface area contributed by atoms with Gasteiger partial charge in [0, 0.05) is 23.7 Å². The van der Waals surface area contributed by atoms with Crippen LogP contribution in [0.15, 0.2) is 36.4 Å². The Morgan fingerprint density at radius 3 is 2.30 bits per heavy atom. The number of benzene rings is 2. The first kappa shape index (κ1) is 14.4. The van der Waals surface area contributed by atoms with E-state index in [1.54, 1.807) is 6.07 Å². The Balaban J connectivity index is 2.27. The Morgan fingerprint density at radius 2 is 1.75 bits per heavy atom. The van der Waals surface area contributed by atoms with Crippen LogP contribution < -0.4 is 10.5 Å². The van der Waals surface area contributed by atoms with E-state index in [0.717, 1.165) is 12.1 Å². The summed E-state index contributed by atoms with van der Waals surface area (Å²) in [6.45, 7) is 0. The third kappa shape index (κ3) is 3.11. The highest BCUT2D eigenvalue weighted by molar-refractivity contribution is 5.33. The first-order valence-corrected chi connectivity index (χ1v) is 6.04. The van der Waals surface area contributed by atoms with E-state index < -0.39 is 23.5 Å². The molecule has 1 unspecified atom stereocenters. The average molecular weight is 281 g/mol. The molecule has 0 aromatic heterocycles. The molecule has 0 saturated heterocycles. The van der Waals surface area contributed by atoms with Gasteiger partial charge in [-0.1, -0.05) is 12.1 Å². The lowest BCUT2D eigenvalue weighted by Gasteiger charge is -2.15. The molecule has 0 spiro atoms. The Hall–Kier alpha value is -2.01. The number of rotatable bonds is 4. The van der Waals surface area contributed by atoms with E-state index in [1.807, 2.05) is 0 Å². The summed E-state index contributed by atoms with van der Waals surface area (Å²) in [6, 6.07) is 7.01. The van der Waals surface area contributed by atoms with Crippen LogP contribution in [0.25, 0.3) is 0 Å². The minimum atomic E-state index is -0.900. The van der Waals surface area contributed by atoms with Crippen molar-refractivity contribution in [2.45, 2.75) is 12.5 Å². The number of halogens is 3. The molecule has 2 aromatic carbocycles. The molecule has 2 aromatic rings. The molecule has 0 saturated carbocycles. The molecule has 20 heavy (non-hydrogen) atoms. The van der Waals surface area contributed by atoms with Gasteiger partial charge in [0.05, 0.1) is 7.11 Å². The molecule has 1 atom stereocenters. The van der Waals surface area contributed by atoms with Crippen molar-refractivity contribution >= 4 is 0 Å². The van der Waals surface area contributed by atoms with Gasteiger partial charge in [-0.05, 0) is 24.1 Å². The molecule has 0 amide bonds. The fourth-order valence-corrected chi connectivity index (χ4v) is 2.05. The molecule has 0 radical (unpaired) electrons. The van der Waals surface area contributed by atoms with Gasteiger partial charge in [-0.3, -0.25) is 0 Å². The summed E-state index contributed by atoms with van der Waals surface area (Å²) in [4.78, 5) is 0. The zero-order valence-corrected chi connectivity index (χ0v) is 10.9. The zero-order valence-electron chi connectivity index (χ0n) is 10.9. The number of hydrogen-bond donors (Lipinski definition) is 1. The third-order valence-electron chi connectivity index (χ3n) is 3.00. The SMILES string of the molecule is COc1cc(F)c(C(N)Cc2cccc(F)c2)c(F)c1. The molecule has 0 heterocycles. The van der Waals surface area contributed by atoms with Crippen LogP contribution >= 0.6 is 0 Å². The maximum atomic E-state index is 13.9. The summed E-state index contributed by atoms with van der Waals surface area (Å²) in [5, 5.41) is 0. The lowest BCUT2D eigenvalue weighted by molar-refractivity contribution is 0.403. The highest BCUT2D eigenvalue weighted by Crippen LogP contribution is 2.26. The van der Waals surface area contributed by atoms with Crippen molar-refractivity contribution in [3.8, 4) is 5.75 Å². The summed E-state index contributed by atoms with van der Waals surface area (Å²) in [7, 11) is 1.32. The summed E-state index contributed by atoms with van der Waals surface area (Å²) >= 11 is 0. The normalized spacial score (nSPS) is 12.2. The van der Waals surface area contributed by atoms with Crippen molar-refractivity contribution in [1.29, 1.82) is 0 Å². The van der Waals surface area contributed by atoms with Crippen LogP contribution in [0.5, 0.6) is 5.75 Å². The van der Waals surface area contributed by atoms with Crippen molar-refractivity contribution in [3.63, 3.8) is 0 Å². The van der Waals surface area contributed by atoms with Gasteiger partial charge < -0.3 is 10.5 Å². The molecule has 0 aliphatic rings. The van der Waals surface area contributed by atoms with Gasteiger partial charge in [0.15, 0.2) is 0 Å². The Bertz CT molecular complexity index is 593. The average Bonchev–Trinajstić information content (AvgIpc) is 2.37. The predicted octanol–water partition coefficient (Wildman–Crippen LogP) is 3.36. The van der Waals surface area contributed by atoms with E-state index in [1.165, 1.54) is 25.3 Å². The van der Waals surface area contributed by atoms with Crippen molar-refractivity contribution in [2.24, 2.45) is 5.73 Å². The summed E-state index contributed by atoms with van der Waals surface area (Å²) in [5.74, 6) is -1.87. The van der Waals surface area contributed by atoms with Gasteiger partial charge in [-0.25, -0.2) is 13.2 Å². The van der Waals surface area contributed by atoms with Crippen molar-refractivity contribution in [2.75, 3.05) is 7.11 Å². The van der Waals surface area contributed by atoms with Gasteiger partial charge >= 0.3 is 0 Å². The molecule has 0 aliphatic carbocycles. The second-order valence-electron chi connectivity index (χ2n) is 4.45. The molecule has 0 fully saturated rings. The number of nitrogens with two attached hydrogens (primary N) is 1. The fourth-order valence-electron chi connectivity index (χ4n) is 2.05. The molecule has 0 aliphatic heterocycles. The van der Waals surface area contributed by atoms with Gasteiger partial charge in [-0.2, -0.15) is 0 Å². The van der Waals surface area contributed by atoms with E-state index in [4.69, 9.17) is 10.5 Å². The van der Waals surface area contributed by atoms with Gasteiger partial charge in [-0.15, -0.1) is 0 Å². The lowest BCUT2D eigenvalue weighted by Crippen LogP contribution is -2.17. The number of ether oxygens (including phenoxy) is 1. The number of methoxy groups -OCH3 is 1. The standard InChI is InChI=1S/C15H14F3NO/c1-20-11-7-12(17)15(13(18)8-11)14(19)6-9-3-2-4-10(16)5-9/h2-5,7-8,14H,6,19H2,1H3. The first-order valence-electron chi connectivity index (χ1n) is 6.04. The van der Waals surface area contributed by atoms with Crippen molar-refractivity contribution in [3.05, 3.63) is 65.0 Å². The van der Waals surface area contributed by atoms with Crippen LogP contribution in [0.3, 0.4) is 0 Å². The van der Waals surface area contributed by atoms with Crippen LogP contribution in [0.2, 0.25) is 0 Å². The second kappa shape index (κ2) is 5.96. The van der Waals surface area contributed by atoms with Crippen molar-refractivity contribution < 1.29 is 17.9 Å². The highest BCUT2D eigenvalue weighted by Gasteiger charge is 2.19. The van der Waals surface area contributed by atoms with Crippen LogP contribution in [-0.4, -0.2) is 7.11 Å². The van der Waals surface area contributed by atoms with Crippen LogP contribution in [0, 0.1) is 17.5 Å². The Labute approximate surface area is 115 Å². The quantitative estimate of drug-likeness (QED) is 0.932. The summed E-state index contributed by atoms with van der Waals surface area (Å²) < 4.78 is 45.6. The largest absolute Gasteiger partial charge is 0.497 e. The topological polar surface area (TPSA) is 35.2 Å². The van der Waals surface area contributed by atoms with E-state index >= 15 is 0 Å². The van der Waals surface area contributed by atoms with Gasteiger partial charge in [0.1, 0.15) is 23.2 Å². The third-order valence-corrected chi connectivity index (χ3v) is 3.00. The molecule has 2 N–H and O–H groups in total. The van der Waals surface area contributed by atoms with Gasteiger partial charge in [0.2, 0.25) is 0 Å². The first-order chi connectivity index (χ1) is 9.51. The molecule has 0 bridgehead atoms. The summed E-state index contributed by atoms with van der Waals surface area (Å²) in [5.41, 5.74) is 6.18. The van der Waals surface area contributed by atoms with E-state index in [9.17, 15) is 13.2 Å². The predicted molar refractivity (Wildman–Crippen MR) is 69.9 cm³/mol. The van der Waals surface area contributed by atoms with E-state index in [0.29, 0.717) is 5.56 Å². The second-order valence-corrected chi connectivity index (χ2v) is 4.45. The van der Waals surface area contributed by atoms with Gasteiger partial charge in [0.25, 0.3) is 0 Å². The molecular formula is C15H14F3NO. The van der Waals surface area contributed by atoms with E-state index in [2.05, 4.69) is 0 Å². The smallest absolute Gasteiger partial charge is 0.134 e. The minimum Gasteiger partial charge on any atom is -0.497 e. The van der Waals surface area contributed by atoms with E-state index in [-0.39, 0.29) is 17.7 Å². The molecule has 2 nitrogen and oxygen atoms in total. The maximum absolute atomic E-state index is 13.9. The highest BCUT2D eigenvalue weighted by atomic mass is 19.1. The molecule has 106 valence electrons. The number of hydrogen-bond acceptors (Lipinski definition) is 2. The minimum absolute atomic E-state index is 0.0849. The molecule has 5 heteroatoms. The lowest BCUT2D eigenvalue weighted by atomic mass is 9.98. The van der Waals surface area contributed by atoms with Crippen LogP contribution in [0.4, 0.5) is 13.2 Å². The summed E-state index contributed by atoms with van der Waals surface area (Å²) in [6.07, 6.45) is 0.137. The Morgan fingerprint density at radius 1 is 1.10 bits per heavy atom. The zero-order chi connectivity index (χ0) is 14.7. The monoisotopic (exact) mass is 281 g/mol. The maximum Gasteiger partial charge on any atom is 0.134 e. The molecule has 2 rings (SSSR count). The Kier molecular flexibility index (Phi) is 4.29. The van der Waals surface area contributed by atoms with Crippen LogP contribution in [-0.2, 0) is 6.42 Å². The fraction of sp³-hybridized carbons (Fsp3) is 0.200. The van der Waals surface area contributed by atoms with Crippen molar-refractivity contribution in [1.82, 2.24) is 0 Å².